The van der Waals surface area contributed by atoms with Crippen LogP contribution in [-0.4, -0.2) is 59.9 Å². The molecular weight excluding hydrogens is 361 g/mol. The van der Waals surface area contributed by atoms with Crippen LogP contribution in [0.25, 0.3) is 0 Å². The number of piperazine rings is 1. The molecule has 1 aliphatic heterocycles. The molecule has 0 aliphatic carbocycles. The molecule has 0 radical (unpaired) electrons. The predicted molar refractivity (Wildman–Crippen MR) is 91.6 cm³/mol. The van der Waals surface area contributed by atoms with Crippen LogP contribution in [0.4, 0.5) is 4.39 Å². The summed E-state index contributed by atoms with van der Waals surface area (Å²) in [5.41, 5.74) is 0.612. The normalized spacial score (nSPS) is 16.5. The average Bonchev–Trinajstić information content (AvgIpc) is 2.62. The zero-order valence-corrected chi connectivity index (χ0v) is 14.7. The first-order chi connectivity index (χ1) is 12.4. The summed E-state index contributed by atoms with van der Waals surface area (Å²) in [7, 11) is -4.01. The van der Waals surface area contributed by atoms with Crippen LogP contribution in [0.1, 0.15) is 16.1 Å². The third kappa shape index (κ3) is 3.90. The zero-order valence-electron chi connectivity index (χ0n) is 13.9. The van der Waals surface area contributed by atoms with E-state index in [1.807, 2.05) is 18.2 Å². The molecule has 2 heterocycles. The quantitative estimate of drug-likeness (QED) is 0.845. The van der Waals surface area contributed by atoms with E-state index in [1.165, 1.54) is 4.31 Å². The number of aromatic nitrogens is 1. The van der Waals surface area contributed by atoms with Gasteiger partial charge in [-0.15, -0.1) is 0 Å². The average molecular weight is 379 g/mol. The minimum atomic E-state index is -4.01. The summed E-state index contributed by atoms with van der Waals surface area (Å²) in [6, 6.07) is 8.46. The van der Waals surface area contributed by atoms with Gasteiger partial charge < -0.3 is 5.11 Å². The molecule has 0 unspecified atom stereocenters. The molecule has 138 valence electrons. The lowest BCUT2D eigenvalue weighted by Gasteiger charge is -2.33. The highest BCUT2D eigenvalue weighted by Crippen LogP contribution is 2.22. The van der Waals surface area contributed by atoms with Gasteiger partial charge in [0.25, 0.3) is 0 Å². The van der Waals surface area contributed by atoms with Gasteiger partial charge in [0.05, 0.1) is 11.3 Å². The van der Waals surface area contributed by atoms with Crippen molar-refractivity contribution in [3.05, 3.63) is 59.7 Å². The van der Waals surface area contributed by atoms with Crippen molar-refractivity contribution in [1.29, 1.82) is 0 Å². The molecule has 1 aliphatic rings. The van der Waals surface area contributed by atoms with Crippen molar-refractivity contribution in [3.63, 3.8) is 0 Å². The highest BCUT2D eigenvalue weighted by molar-refractivity contribution is 7.89. The molecule has 7 nitrogen and oxygen atoms in total. The largest absolute Gasteiger partial charge is 0.478 e. The number of hydrogen-bond donors (Lipinski definition) is 1. The fourth-order valence-corrected chi connectivity index (χ4v) is 4.30. The Morgan fingerprint density at radius 2 is 1.88 bits per heavy atom. The van der Waals surface area contributed by atoms with Gasteiger partial charge in [0.2, 0.25) is 10.0 Å². The molecule has 26 heavy (non-hydrogen) atoms. The number of benzene rings is 1. The Balaban J connectivity index is 1.69. The third-order valence-electron chi connectivity index (χ3n) is 4.24. The Labute approximate surface area is 150 Å². The Kier molecular flexibility index (Phi) is 5.30. The van der Waals surface area contributed by atoms with Crippen LogP contribution in [0.2, 0.25) is 0 Å². The summed E-state index contributed by atoms with van der Waals surface area (Å²) in [5, 5.41) is 8.86. The van der Waals surface area contributed by atoms with Crippen molar-refractivity contribution in [3.8, 4) is 0 Å². The molecule has 9 heteroatoms. The van der Waals surface area contributed by atoms with E-state index in [9.17, 15) is 17.6 Å². The second kappa shape index (κ2) is 7.48. The van der Waals surface area contributed by atoms with E-state index in [0.717, 1.165) is 23.9 Å². The van der Waals surface area contributed by atoms with E-state index in [1.54, 1.807) is 6.20 Å². The summed E-state index contributed by atoms with van der Waals surface area (Å²) >= 11 is 0. The number of pyridine rings is 1. The van der Waals surface area contributed by atoms with Crippen molar-refractivity contribution < 1.29 is 22.7 Å². The molecule has 2 aromatic rings. The van der Waals surface area contributed by atoms with Crippen LogP contribution in [0.15, 0.2) is 47.5 Å². The van der Waals surface area contributed by atoms with Crippen molar-refractivity contribution in [2.45, 2.75) is 11.4 Å². The molecular formula is C17H18FN3O4S. The molecule has 0 saturated carbocycles. The monoisotopic (exact) mass is 379 g/mol. The molecule has 1 saturated heterocycles. The smallest absolute Gasteiger partial charge is 0.335 e. The van der Waals surface area contributed by atoms with Gasteiger partial charge in [0.15, 0.2) is 0 Å². The molecule has 0 amide bonds. The van der Waals surface area contributed by atoms with Crippen molar-refractivity contribution in [2.75, 3.05) is 26.2 Å². The number of hydrogen-bond acceptors (Lipinski definition) is 5. The number of aromatic carboxylic acids is 1. The van der Waals surface area contributed by atoms with Gasteiger partial charge in [-0.25, -0.2) is 17.6 Å². The van der Waals surface area contributed by atoms with Gasteiger partial charge in [-0.1, -0.05) is 6.07 Å². The predicted octanol–water partition coefficient (Wildman–Crippen LogP) is 1.43. The SMILES string of the molecule is O=C(O)c1ccc(S(=O)(=O)N2CCN(Cc3ccccn3)CC2)c(F)c1. The van der Waals surface area contributed by atoms with E-state index in [4.69, 9.17) is 5.11 Å². The van der Waals surface area contributed by atoms with Crippen LogP contribution in [0, 0.1) is 5.82 Å². The van der Waals surface area contributed by atoms with Crippen LogP contribution >= 0.6 is 0 Å². The van der Waals surface area contributed by atoms with E-state index in [0.29, 0.717) is 19.6 Å². The number of carboxylic acids is 1. The van der Waals surface area contributed by atoms with Gasteiger partial charge in [0.1, 0.15) is 10.7 Å². The lowest BCUT2D eigenvalue weighted by atomic mass is 10.2. The molecule has 0 bridgehead atoms. The van der Waals surface area contributed by atoms with Gasteiger partial charge in [0, 0.05) is 38.9 Å². The maximum absolute atomic E-state index is 14.1. The van der Waals surface area contributed by atoms with Crippen LogP contribution < -0.4 is 0 Å². The summed E-state index contributed by atoms with van der Waals surface area (Å²) in [4.78, 5) is 16.7. The number of nitrogens with zero attached hydrogens (tertiary/aromatic N) is 3. The van der Waals surface area contributed by atoms with Gasteiger partial charge >= 0.3 is 5.97 Å². The van der Waals surface area contributed by atoms with E-state index in [-0.39, 0.29) is 18.7 Å². The summed E-state index contributed by atoms with van der Waals surface area (Å²) in [6.07, 6.45) is 1.71. The minimum Gasteiger partial charge on any atom is -0.478 e. The molecule has 1 N–H and O–H groups in total. The van der Waals surface area contributed by atoms with Crippen molar-refractivity contribution >= 4 is 16.0 Å². The fourth-order valence-electron chi connectivity index (χ4n) is 2.83. The zero-order chi connectivity index (χ0) is 18.7. The summed E-state index contributed by atoms with van der Waals surface area (Å²) in [5.74, 6) is -2.36. The Hall–Kier alpha value is -2.36. The van der Waals surface area contributed by atoms with E-state index >= 15 is 0 Å². The summed E-state index contributed by atoms with van der Waals surface area (Å²) < 4.78 is 40.7. The maximum atomic E-state index is 14.1. The number of sulfonamides is 1. The first-order valence-corrected chi connectivity index (χ1v) is 9.47. The minimum absolute atomic E-state index is 0.231. The maximum Gasteiger partial charge on any atom is 0.335 e. The Morgan fingerprint density at radius 1 is 1.15 bits per heavy atom. The van der Waals surface area contributed by atoms with Gasteiger partial charge in [-0.2, -0.15) is 4.31 Å². The van der Waals surface area contributed by atoms with Crippen LogP contribution in [0.3, 0.4) is 0 Å². The van der Waals surface area contributed by atoms with Crippen molar-refractivity contribution in [1.82, 2.24) is 14.2 Å². The van der Waals surface area contributed by atoms with E-state index in [2.05, 4.69) is 9.88 Å². The standard InChI is InChI=1S/C17H18FN3O4S/c18-15-11-13(17(22)23)4-5-16(15)26(24,25)21-9-7-20(8-10-21)12-14-3-1-2-6-19-14/h1-6,11H,7-10,12H2,(H,22,23). The summed E-state index contributed by atoms with van der Waals surface area (Å²) in [6.45, 7) is 2.09. The van der Waals surface area contributed by atoms with Crippen LogP contribution in [-0.2, 0) is 16.6 Å². The van der Waals surface area contributed by atoms with E-state index < -0.39 is 26.7 Å². The molecule has 3 rings (SSSR count). The van der Waals surface area contributed by atoms with Crippen molar-refractivity contribution in [2.24, 2.45) is 0 Å². The van der Waals surface area contributed by atoms with Gasteiger partial charge in [-0.3, -0.25) is 9.88 Å². The molecule has 0 spiro atoms. The third-order valence-corrected chi connectivity index (χ3v) is 6.17. The van der Waals surface area contributed by atoms with Crippen LogP contribution in [0.5, 0.6) is 0 Å². The number of carbonyl (C=O) groups is 1. The lowest BCUT2D eigenvalue weighted by Crippen LogP contribution is -2.48. The van der Waals surface area contributed by atoms with Gasteiger partial charge in [-0.05, 0) is 30.3 Å². The molecule has 1 aromatic heterocycles. The highest BCUT2D eigenvalue weighted by Gasteiger charge is 2.31. The Bertz CT molecular complexity index is 897. The molecule has 1 fully saturated rings. The highest BCUT2D eigenvalue weighted by atomic mass is 32.2. The lowest BCUT2D eigenvalue weighted by molar-refractivity contribution is 0.0696. The number of carboxylic acid groups (broad SMARTS) is 1. The number of halogens is 1. The first kappa shape index (κ1) is 18.4. The molecule has 0 atom stereocenters. The second-order valence-electron chi connectivity index (χ2n) is 5.95. The number of rotatable bonds is 5. The topological polar surface area (TPSA) is 90.8 Å². The Morgan fingerprint density at radius 3 is 2.46 bits per heavy atom. The first-order valence-electron chi connectivity index (χ1n) is 8.03. The molecule has 1 aromatic carbocycles. The fraction of sp³-hybridized carbons (Fsp3) is 0.294. The second-order valence-corrected chi connectivity index (χ2v) is 7.86.